The molecule has 0 radical (unpaired) electrons. The Hall–Kier alpha value is -8.02. The maximum absolute atomic E-state index is 13.7. The van der Waals surface area contributed by atoms with E-state index in [4.69, 9.17) is 9.40 Å². The first-order chi connectivity index (χ1) is 33.4. The van der Waals surface area contributed by atoms with Gasteiger partial charge < -0.3 is 29.8 Å². The van der Waals surface area contributed by atoms with E-state index in [1.165, 1.54) is 23.6 Å². The van der Waals surface area contributed by atoms with E-state index in [2.05, 4.69) is 70.6 Å². The maximum Gasteiger partial charge on any atom is 0.416 e. The van der Waals surface area contributed by atoms with Crippen LogP contribution in [0.1, 0.15) is 31.2 Å². The zero-order chi connectivity index (χ0) is 47.8. The van der Waals surface area contributed by atoms with Gasteiger partial charge in [0.2, 0.25) is 0 Å². The zero-order valence-corrected chi connectivity index (χ0v) is 37.7. The smallest absolute Gasteiger partial charge is 0.416 e. The number of pyridine rings is 3. The van der Waals surface area contributed by atoms with Crippen LogP contribution in [0.2, 0.25) is 0 Å². The predicted molar refractivity (Wildman–Crippen MR) is 258 cm³/mol. The molecule has 4 bridgehead atoms. The number of benzene rings is 3. The minimum absolute atomic E-state index is 0.0690. The SMILES string of the molecule is CN(C)c1cccc(-c2ccc3c(n2)N(C(=O)Nc2cccc(-c4cnco4)c2)[C@@H]2CCCN3C2)c1.O=C(Nc1cncc(F)c1)N1c2nc(-c3cccc(C(F)(F)F)c3)ccc2N2CCC[C@@H]1C2. The highest BCUT2D eigenvalue weighted by Crippen LogP contribution is 2.42. The minimum Gasteiger partial charge on any atom is -0.444 e. The molecule has 14 nitrogen and oxygen atoms in total. The molecule has 2 fully saturated rings. The topological polar surface area (TPSA) is 139 Å². The summed E-state index contributed by atoms with van der Waals surface area (Å²) in [6.45, 7) is 3.22. The van der Waals surface area contributed by atoms with E-state index in [0.717, 1.165) is 104 Å². The summed E-state index contributed by atoms with van der Waals surface area (Å²) in [5, 5.41) is 5.76. The van der Waals surface area contributed by atoms with Crippen molar-refractivity contribution in [1.29, 1.82) is 0 Å². The van der Waals surface area contributed by atoms with Gasteiger partial charge >= 0.3 is 18.2 Å². The number of nitrogens with zero attached hydrogens (tertiary/aromatic N) is 9. The number of anilines is 7. The van der Waals surface area contributed by atoms with Crippen molar-refractivity contribution in [1.82, 2.24) is 19.9 Å². The first kappa shape index (κ1) is 44.8. The Morgan fingerprint density at radius 3 is 1.86 bits per heavy atom. The van der Waals surface area contributed by atoms with Gasteiger partial charge in [0.15, 0.2) is 23.8 Å². The van der Waals surface area contributed by atoms with E-state index in [9.17, 15) is 27.2 Å². The molecule has 0 unspecified atom stereocenters. The molecule has 8 heterocycles. The summed E-state index contributed by atoms with van der Waals surface area (Å²) in [6, 6.07) is 28.8. The van der Waals surface area contributed by atoms with E-state index in [0.29, 0.717) is 40.9 Å². The highest BCUT2D eigenvalue weighted by atomic mass is 19.4. The van der Waals surface area contributed by atoms with Gasteiger partial charge in [0.25, 0.3) is 0 Å². The molecule has 4 aliphatic heterocycles. The molecular weight excluding hydrogens is 891 g/mol. The van der Waals surface area contributed by atoms with E-state index in [-0.39, 0.29) is 23.8 Å². The van der Waals surface area contributed by atoms with Crippen LogP contribution in [-0.4, -0.2) is 84.4 Å². The third-order valence-corrected chi connectivity index (χ3v) is 12.7. The van der Waals surface area contributed by atoms with Crippen molar-refractivity contribution in [3.63, 3.8) is 0 Å². The van der Waals surface area contributed by atoms with E-state index in [1.54, 1.807) is 24.4 Å². The van der Waals surface area contributed by atoms with E-state index >= 15 is 0 Å². The Labute approximate surface area is 395 Å². The predicted octanol–water partition coefficient (Wildman–Crippen LogP) is 10.8. The Morgan fingerprint density at radius 1 is 0.667 bits per heavy atom. The van der Waals surface area contributed by atoms with Crippen molar-refractivity contribution in [3.8, 4) is 33.8 Å². The van der Waals surface area contributed by atoms with Gasteiger partial charge in [0, 0.05) is 74.4 Å². The number of urea groups is 2. The minimum atomic E-state index is -4.47. The standard InChI is InChI=1S/C28H28N6O2.C23H19F4N5O/c1-32(2)22-9-4-6-19(15-22)24-11-12-25-27(31-24)34(23-10-5-13-33(25)17-23)28(35)30-21-8-3-7-20(14-21)26-16-29-18-36-26;24-16-10-17(12-28-11-16)29-22(33)32-18-5-2-8-31(13-18)20-7-6-19(30-21(20)32)14-3-1-4-15(9-14)23(25,26)27/h3-4,6-9,11-12,14-16,18,23H,5,10,13,17H2,1-2H3,(H,30,35);1,3-4,6-7,9-12,18H,2,5,8,13H2,(H,29,33)/t23-;18-/m11/s1. The van der Waals surface area contributed by atoms with Crippen LogP contribution >= 0.6 is 0 Å². The molecule has 18 heteroatoms. The van der Waals surface area contributed by atoms with Gasteiger partial charge in [0.1, 0.15) is 5.82 Å². The van der Waals surface area contributed by atoms with Crippen molar-refractivity contribution >= 4 is 52.1 Å². The molecule has 3 aromatic carbocycles. The quantitative estimate of drug-likeness (QED) is 0.155. The van der Waals surface area contributed by atoms with Crippen LogP contribution in [0, 0.1) is 5.82 Å². The Balaban J connectivity index is 0.000000161. The van der Waals surface area contributed by atoms with Crippen LogP contribution in [0.3, 0.4) is 0 Å². The molecule has 69 heavy (non-hydrogen) atoms. The number of rotatable bonds is 6. The Bertz CT molecular complexity index is 3020. The highest BCUT2D eigenvalue weighted by molar-refractivity contribution is 6.05. The summed E-state index contributed by atoms with van der Waals surface area (Å²) in [4.78, 5) is 54.3. The Morgan fingerprint density at radius 2 is 1.26 bits per heavy atom. The lowest BCUT2D eigenvalue weighted by molar-refractivity contribution is -0.137. The lowest BCUT2D eigenvalue weighted by Crippen LogP contribution is -2.56. The average molecular weight is 938 g/mol. The largest absolute Gasteiger partial charge is 0.444 e. The summed E-state index contributed by atoms with van der Waals surface area (Å²) >= 11 is 0. The molecule has 2 N–H and O–H groups in total. The van der Waals surface area contributed by atoms with Gasteiger partial charge in [-0.25, -0.2) is 28.9 Å². The van der Waals surface area contributed by atoms with Crippen molar-refractivity contribution in [2.45, 2.75) is 43.9 Å². The summed E-state index contributed by atoms with van der Waals surface area (Å²) in [6.07, 6.45) is 4.58. The van der Waals surface area contributed by atoms with Gasteiger partial charge in [-0.2, -0.15) is 13.2 Å². The molecule has 4 amide bonds. The summed E-state index contributed by atoms with van der Waals surface area (Å²) in [5.41, 5.74) is 6.32. The van der Waals surface area contributed by atoms with Gasteiger partial charge in [-0.3, -0.25) is 14.8 Å². The third kappa shape index (κ3) is 9.33. The molecule has 4 aromatic heterocycles. The van der Waals surface area contributed by atoms with Gasteiger partial charge in [-0.15, -0.1) is 0 Å². The fourth-order valence-corrected chi connectivity index (χ4v) is 9.44. The number of hydrogen-bond donors (Lipinski definition) is 2. The molecule has 11 rings (SSSR count). The number of piperidine rings is 2. The molecule has 7 aromatic rings. The van der Waals surface area contributed by atoms with Gasteiger partial charge in [-0.1, -0.05) is 36.4 Å². The van der Waals surface area contributed by atoms with Crippen LogP contribution in [0.5, 0.6) is 0 Å². The van der Waals surface area contributed by atoms with Gasteiger partial charge in [-0.05, 0) is 86.3 Å². The molecule has 352 valence electrons. The van der Waals surface area contributed by atoms with Crippen LogP contribution in [0.4, 0.5) is 67.2 Å². The first-order valence-electron chi connectivity index (χ1n) is 22.6. The summed E-state index contributed by atoms with van der Waals surface area (Å²) in [5.74, 6) is 1.15. The molecule has 2 saturated heterocycles. The van der Waals surface area contributed by atoms with Crippen LogP contribution in [0.25, 0.3) is 33.8 Å². The fourth-order valence-electron chi connectivity index (χ4n) is 9.44. The van der Waals surface area contributed by atoms with Crippen molar-refractivity contribution in [3.05, 3.63) is 139 Å². The van der Waals surface area contributed by atoms with Crippen LogP contribution in [0.15, 0.2) is 133 Å². The van der Waals surface area contributed by atoms with Gasteiger partial charge in [0.05, 0.1) is 64.7 Å². The number of carbonyl (C=O) groups is 2. The lowest BCUT2D eigenvalue weighted by atomic mass is 9.99. The number of fused-ring (bicyclic) bond motifs is 8. The number of carbonyl (C=O) groups excluding carboxylic acids is 2. The third-order valence-electron chi connectivity index (χ3n) is 12.7. The van der Waals surface area contributed by atoms with Crippen molar-refractivity contribution in [2.75, 3.05) is 75.4 Å². The number of aromatic nitrogens is 4. The number of oxazole rings is 1. The number of halogens is 4. The second-order valence-electron chi connectivity index (χ2n) is 17.5. The van der Waals surface area contributed by atoms with Crippen LogP contribution < -0.4 is 35.1 Å². The second-order valence-corrected chi connectivity index (χ2v) is 17.5. The lowest BCUT2D eigenvalue weighted by Gasteiger charge is -2.45. The van der Waals surface area contributed by atoms with E-state index in [1.807, 2.05) is 49.3 Å². The second kappa shape index (κ2) is 18.6. The molecule has 2 atom stereocenters. The molecule has 0 spiro atoms. The Kier molecular flexibility index (Phi) is 12.1. The first-order valence-corrected chi connectivity index (χ1v) is 22.6. The molecule has 4 aliphatic rings. The number of amides is 4. The van der Waals surface area contributed by atoms with Crippen molar-refractivity contribution < 1.29 is 31.6 Å². The monoisotopic (exact) mass is 937 g/mol. The van der Waals surface area contributed by atoms with E-state index < -0.39 is 23.6 Å². The normalized spacial score (nSPS) is 17.0. The number of alkyl halides is 3. The average Bonchev–Trinajstić information content (AvgIpc) is 3.90. The maximum atomic E-state index is 13.7. The highest BCUT2D eigenvalue weighted by Gasteiger charge is 2.40. The molecule has 0 saturated carbocycles. The summed E-state index contributed by atoms with van der Waals surface area (Å²) in [7, 11) is 4.05. The molecular formula is C51H47F4N11O3. The zero-order valence-electron chi connectivity index (χ0n) is 37.7. The summed E-state index contributed by atoms with van der Waals surface area (Å²) < 4.78 is 58.5. The number of hydrogen-bond acceptors (Lipinski definition) is 10. The van der Waals surface area contributed by atoms with Crippen LogP contribution in [-0.2, 0) is 6.18 Å². The van der Waals surface area contributed by atoms with Crippen molar-refractivity contribution in [2.24, 2.45) is 0 Å². The molecule has 0 aliphatic carbocycles. The fraction of sp³-hybridized carbons (Fsp3) is 0.255. The number of nitrogens with one attached hydrogen (secondary N) is 2.